The number of carbonyl (C=O) groups is 2. The van der Waals surface area contributed by atoms with Gasteiger partial charge in [0.25, 0.3) is 5.91 Å². The van der Waals surface area contributed by atoms with Crippen molar-refractivity contribution in [2.24, 2.45) is 0 Å². The highest BCUT2D eigenvalue weighted by molar-refractivity contribution is 7.21. The SMILES string of the molecule is O=C(COC(=O)c1sc2cc(F)ccc2c1Cl)NCc1ccc2c(c1)OCO2. The van der Waals surface area contributed by atoms with Crippen LogP contribution in [0.2, 0.25) is 5.02 Å². The van der Waals surface area contributed by atoms with E-state index in [-0.39, 0.29) is 23.2 Å². The van der Waals surface area contributed by atoms with Crippen molar-refractivity contribution in [3.8, 4) is 11.5 Å². The zero-order chi connectivity index (χ0) is 19.7. The Balaban J connectivity index is 1.33. The third-order valence-corrected chi connectivity index (χ3v) is 5.68. The van der Waals surface area contributed by atoms with Crippen molar-refractivity contribution in [3.63, 3.8) is 0 Å². The number of carbonyl (C=O) groups excluding carboxylic acids is 2. The summed E-state index contributed by atoms with van der Waals surface area (Å²) in [5.74, 6) is -0.342. The monoisotopic (exact) mass is 421 g/mol. The van der Waals surface area contributed by atoms with E-state index in [4.69, 9.17) is 25.8 Å². The molecule has 0 atom stereocenters. The lowest BCUT2D eigenvalue weighted by Gasteiger charge is -2.07. The molecule has 1 aromatic heterocycles. The van der Waals surface area contributed by atoms with Crippen LogP contribution in [0.1, 0.15) is 15.2 Å². The van der Waals surface area contributed by atoms with Crippen molar-refractivity contribution in [2.75, 3.05) is 13.4 Å². The van der Waals surface area contributed by atoms with Crippen LogP contribution in [0.5, 0.6) is 11.5 Å². The molecule has 1 aliphatic heterocycles. The summed E-state index contributed by atoms with van der Waals surface area (Å²) in [4.78, 5) is 24.3. The Labute approximate surface area is 167 Å². The maximum Gasteiger partial charge on any atom is 0.350 e. The Bertz CT molecular complexity index is 1080. The minimum Gasteiger partial charge on any atom is -0.454 e. The van der Waals surface area contributed by atoms with Gasteiger partial charge in [-0.25, -0.2) is 9.18 Å². The van der Waals surface area contributed by atoms with Crippen molar-refractivity contribution < 1.29 is 28.2 Å². The predicted octanol–water partition coefficient (Wildman–Crippen LogP) is 3.90. The molecule has 4 rings (SSSR count). The van der Waals surface area contributed by atoms with Crippen LogP contribution >= 0.6 is 22.9 Å². The zero-order valence-electron chi connectivity index (χ0n) is 14.3. The van der Waals surface area contributed by atoms with Crippen molar-refractivity contribution in [1.82, 2.24) is 5.32 Å². The van der Waals surface area contributed by atoms with Crippen LogP contribution in [-0.4, -0.2) is 25.3 Å². The molecular formula is C19H13ClFNO5S. The van der Waals surface area contributed by atoms with Crippen LogP contribution in [0.3, 0.4) is 0 Å². The number of thiophene rings is 1. The van der Waals surface area contributed by atoms with Gasteiger partial charge in [-0.3, -0.25) is 4.79 Å². The van der Waals surface area contributed by atoms with E-state index in [1.54, 1.807) is 18.2 Å². The van der Waals surface area contributed by atoms with Gasteiger partial charge < -0.3 is 19.5 Å². The molecule has 6 nitrogen and oxygen atoms in total. The molecule has 1 aliphatic rings. The van der Waals surface area contributed by atoms with Gasteiger partial charge in [0.2, 0.25) is 6.79 Å². The molecule has 0 aliphatic carbocycles. The highest BCUT2D eigenvalue weighted by Gasteiger charge is 2.20. The van der Waals surface area contributed by atoms with Gasteiger partial charge in [-0.1, -0.05) is 17.7 Å². The molecular weight excluding hydrogens is 409 g/mol. The molecule has 0 saturated carbocycles. The second-order valence-corrected chi connectivity index (χ2v) is 7.36. The summed E-state index contributed by atoms with van der Waals surface area (Å²) in [7, 11) is 0. The molecule has 0 radical (unpaired) electrons. The minimum absolute atomic E-state index is 0.130. The summed E-state index contributed by atoms with van der Waals surface area (Å²) >= 11 is 7.19. The summed E-state index contributed by atoms with van der Waals surface area (Å²) in [5.41, 5.74) is 0.818. The molecule has 3 aromatic rings. The second-order valence-electron chi connectivity index (χ2n) is 5.93. The fraction of sp³-hybridized carbons (Fsp3) is 0.158. The smallest absolute Gasteiger partial charge is 0.350 e. The lowest BCUT2D eigenvalue weighted by atomic mass is 10.2. The first-order valence-corrected chi connectivity index (χ1v) is 9.40. The third kappa shape index (κ3) is 3.74. The number of hydrogen-bond acceptors (Lipinski definition) is 6. The van der Waals surface area contributed by atoms with E-state index in [1.807, 2.05) is 0 Å². The summed E-state index contributed by atoms with van der Waals surface area (Å²) < 4.78 is 29.4. The average molecular weight is 422 g/mol. The average Bonchev–Trinajstić information content (AvgIpc) is 3.28. The van der Waals surface area contributed by atoms with E-state index in [1.165, 1.54) is 18.2 Å². The van der Waals surface area contributed by atoms with Gasteiger partial charge in [0.05, 0.1) is 5.02 Å². The Morgan fingerprint density at radius 2 is 2.00 bits per heavy atom. The minimum atomic E-state index is -0.732. The van der Waals surface area contributed by atoms with Crippen LogP contribution in [0.4, 0.5) is 4.39 Å². The normalized spacial score (nSPS) is 12.2. The topological polar surface area (TPSA) is 73.9 Å². The van der Waals surface area contributed by atoms with Gasteiger partial charge in [-0.2, -0.15) is 0 Å². The van der Waals surface area contributed by atoms with Crippen molar-refractivity contribution >= 4 is 44.9 Å². The van der Waals surface area contributed by atoms with E-state index >= 15 is 0 Å². The molecule has 144 valence electrons. The molecule has 28 heavy (non-hydrogen) atoms. The van der Waals surface area contributed by atoms with Crippen molar-refractivity contribution in [2.45, 2.75) is 6.54 Å². The molecule has 2 heterocycles. The van der Waals surface area contributed by atoms with Crippen LogP contribution in [0.15, 0.2) is 36.4 Å². The first-order valence-electron chi connectivity index (χ1n) is 8.21. The quantitative estimate of drug-likeness (QED) is 0.632. The first-order chi connectivity index (χ1) is 13.5. The zero-order valence-corrected chi connectivity index (χ0v) is 15.9. The fourth-order valence-electron chi connectivity index (χ4n) is 2.67. The number of halogens is 2. The number of ether oxygens (including phenoxy) is 3. The van der Waals surface area contributed by atoms with Crippen molar-refractivity contribution in [1.29, 1.82) is 0 Å². The molecule has 1 amide bonds. The van der Waals surface area contributed by atoms with E-state index in [2.05, 4.69) is 5.32 Å². The van der Waals surface area contributed by atoms with E-state index in [9.17, 15) is 14.0 Å². The van der Waals surface area contributed by atoms with Crippen LogP contribution < -0.4 is 14.8 Å². The van der Waals surface area contributed by atoms with Gasteiger partial charge in [-0.05, 0) is 35.9 Å². The van der Waals surface area contributed by atoms with Gasteiger partial charge in [0, 0.05) is 16.6 Å². The summed E-state index contributed by atoms with van der Waals surface area (Å²) in [6, 6.07) is 9.38. The highest BCUT2D eigenvalue weighted by Crippen LogP contribution is 2.36. The number of esters is 1. The van der Waals surface area contributed by atoms with Crippen LogP contribution in [-0.2, 0) is 16.1 Å². The predicted molar refractivity (Wildman–Crippen MR) is 101 cm³/mol. The number of nitrogens with one attached hydrogen (secondary N) is 1. The maximum atomic E-state index is 13.3. The van der Waals surface area contributed by atoms with Gasteiger partial charge in [0.1, 0.15) is 10.7 Å². The van der Waals surface area contributed by atoms with Gasteiger partial charge in [0.15, 0.2) is 18.1 Å². The van der Waals surface area contributed by atoms with Crippen LogP contribution in [0, 0.1) is 5.82 Å². The Morgan fingerprint density at radius 1 is 1.18 bits per heavy atom. The first kappa shape index (κ1) is 18.5. The molecule has 0 spiro atoms. The number of amides is 1. The Hall–Kier alpha value is -2.84. The maximum absolute atomic E-state index is 13.3. The summed E-state index contributed by atoms with van der Waals surface area (Å²) in [6.45, 7) is -0.0354. The fourth-order valence-corrected chi connectivity index (χ4v) is 4.10. The Morgan fingerprint density at radius 3 is 2.86 bits per heavy atom. The second kappa shape index (κ2) is 7.65. The standard InChI is InChI=1S/C19H13ClFNO5S/c20-17-12-3-2-11(21)6-15(12)28-18(17)19(24)25-8-16(23)22-7-10-1-4-13-14(5-10)27-9-26-13/h1-6H,7-9H2,(H,22,23). The van der Waals surface area contributed by atoms with E-state index in [0.29, 0.717) is 21.6 Å². The van der Waals surface area contributed by atoms with Gasteiger partial charge >= 0.3 is 5.97 Å². The summed E-state index contributed by atoms with van der Waals surface area (Å²) in [5, 5.41) is 3.40. The molecule has 0 unspecified atom stereocenters. The largest absolute Gasteiger partial charge is 0.454 e. The number of benzene rings is 2. The molecule has 0 bridgehead atoms. The van der Waals surface area contributed by atoms with E-state index in [0.717, 1.165) is 16.9 Å². The molecule has 9 heteroatoms. The van der Waals surface area contributed by atoms with E-state index < -0.39 is 24.3 Å². The molecule has 0 saturated heterocycles. The highest BCUT2D eigenvalue weighted by atomic mass is 35.5. The number of fused-ring (bicyclic) bond motifs is 2. The van der Waals surface area contributed by atoms with Gasteiger partial charge in [-0.15, -0.1) is 11.3 Å². The number of rotatable bonds is 5. The Kier molecular flexibility index (Phi) is 5.06. The number of hydrogen-bond donors (Lipinski definition) is 1. The third-order valence-electron chi connectivity index (χ3n) is 4.04. The van der Waals surface area contributed by atoms with Crippen molar-refractivity contribution in [3.05, 3.63) is 57.7 Å². The molecule has 1 N–H and O–H groups in total. The van der Waals surface area contributed by atoms with Crippen LogP contribution in [0.25, 0.3) is 10.1 Å². The summed E-state index contributed by atoms with van der Waals surface area (Å²) in [6.07, 6.45) is 0. The molecule has 2 aromatic carbocycles. The lowest BCUT2D eigenvalue weighted by molar-refractivity contribution is -0.124. The molecule has 0 fully saturated rings. The lowest BCUT2D eigenvalue weighted by Crippen LogP contribution is -2.28.